The molecule has 0 radical (unpaired) electrons. The second-order valence-corrected chi connectivity index (χ2v) is 7.05. The van der Waals surface area contributed by atoms with E-state index in [-0.39, 0.29) is 5.82 Å². The van der Waals surface area contributed by atoms with Gasteiger partial charge < -0.3 is 4.74 Å². The third-order valence-corrected chi connectivity index (χ3v) is 4.56. The van der Waals surface area contributed by atoms with Crippen molar-refractivity contribution >= 4 is 27.6 Å². The maximum Gasteiger partial charge on any atom is 0.127 e. The largest absolute Gasteiger partial charge is 0.488 e. The van der Waals surface area contributed by atoms with Crippen LogP contribution in [-0.2, 0) is 6.61 Å². The molecule has 2 nitrogen and oxygen atoms in total. The van der Waals surface area contributed by atoms with Crippen molar-refractivity contribution in [1.82, 2.24) is 0 Å². The zero-order chi connectivity index (χ0) is 19.2. The van der Waals surface area contributed by atoms with E-state index < -0.39 is 0 Å². The van der Waals surface area contributed by atoms with Crippen LogP contribution in [0, 0.1) is 24.1 Å². The first-order valence-corrected chi connectivity index (χ1v) is 9.20. The Labute approximate surface area is 166 Å². The molecule has 0 spiro atoms. The lowest BCUT2D eigenvalue weighted by molar-refractivity contribution is 0.305. The van der Waals surface area contributed by atoms with Crippen LogP contribution in [0.15, 0.2) is 71.2 Å². The fraction of sp³-hybridized carbons (Fsp3) is 0.0870. The maximum absolute atomic E-state index is 13.0. The van der Waals surface area contributed by atoms with Gasteiger partial charge >= 0.3 is 0 Å². The number of allylic oxidation sites excluding steroid dienone is 1. The van der Waals surface area contributed by atoms with E-state index in [2.05, 4.69) is 22.0 Å². The molecule has 3 rings (SSSR count). The lowest BCUT2D eigenvalue weighted by Crippen LogP contribution is -1.97. The first-order valence-electron chi connectivity index (χ1n) is 8.41. The van der Waals surface area contributed by atoms with Crippen LogP contribution in [0.4, 0.5) is 4.39 Å². The first-order chi connectivity index (χ1) is 13.0. The van der Waals surface area contributed by atoms with Crippen LogP contribution in [0.5, 0.6) is 5.75 Å². The Hall–Kier alpha value is -2.90. The number of benzene rings is 3. The van der Waals surface area contributed by atoms with E-state index in [0.29, 0.717) is 17.9 Å². The monoisotopic (exact) mass is 421 g/mol. The number of halogens is 2. The smallest absolute Gasteiger partial charge is 0.127 e. The number of aryl methyl sites for hydroxylation is 1. The molecule has 0 aliphatic heterocycles. The van der Waals surface area contributed by atoms with Crippen molar-refractivity contribution in [3.8, 4) is 11.8 Å². The summed E-state index contributed by atoms with van der Waals surface area (Å²) in [5, 5.41) is 9.60. The van der Waals surface area contributed by atoms with E-state index in [1.165, 1.54) is 12.1 Å². The van der Waals surface area contributed by atoms with Crippen LogP contribution >= 0.6 is 15.9 Å². The Balaban J connectivity index is 1.89. The molecule has 27 heavy (non-hydrogen) atoms. The summed E-state index contributed by atoms with van der Waals surface area (Å²) < 4.78 is 19.9. The fourth-order valence-corrected chi connectivity index (χ4v) is 2.95. The Bertz CT molecular complexity index is 1000. The summed E-state index contributed by atoms with van der Waals surface area (Å²) in [7, 11) is 0. The van der Waals surface area contributed by atoms with E-state index in [4.69, 9.17) is 4.74 Å². The summed E-state index contributed by atoms with van der Waals surface area (Å²) >= 11 is 3.47. The molecule has 0 amide bonds. The zero-order valence-electron chi connectivity index (χ0n) is 14.7. The Morgan fingerprint density at radius 1 is 1.07 bits per heavy atom. The molecule has 0 aliphatic rings. The predicted octanol–water partition coefficient (Wildman–Crippen LogP) is 6.54. The van der Waals surface area contributed by atoms with Crippen LogP contribution in [0.3, 0.4) is 0 Å². The lowest BCUT2D eigenvalue weighted by atomic mass is 10.0. The molecule has 0 unspecified atom stereocenters. The molecule has 3 aromatic carbocycles. The fourth-order valence-electron chi connectivity index (χ4n) is 2.57. The Morgan fingerprint density at radius 2 is 1.78 bits per heavy atom. The summed E-state index contributed by atoms with van der Waals surface area (Å²) in [6.45, 7) is 2.32. The highest BCUT2D eigenvalue weighted by molar-refractivity contribution is 9.10. The standard InChI is InChI=1S/C23H17BrFNO/c1-16-2-6-18(7-3-16)20(14-26)12-19-13-21(24)8-11-23(19)27-15-17-4-9-22(25)10-5-17/h2-13H,15H2,1H3/b20-12+. The van der Waals surface area contributed by atoms with Crippen molar-refractivity contribution in [1.29, 1.82) is 5.26 Å². The molecular weight excluding hydrogens is 405 g/mol. The zero-order valence-corrected chi connectivity index (χ0v) is 16.3. The van der Waals surface area contributed by atoms with Gasteiger partial charge in [-0.05, 0) is 54.5 Å². The number of hydrogen-bond acceptors (Lipinski definition) is 2. The molecule has 0 fully saturated rings. The van der Waals surface area contributed by atoms with E-state index in [1.807, 2.05) is 55.5 Å². The summed E-state index contributed by atoms with van der Waals surface area (Å²) in [6.07, 6.45) is 1.81. The maximum atomic E-state index is 13.0. The van der Waals surface area contributed by atoms with Gasteiger partial charge in [-0.1, -0.05) is 57.9 Å². The Morgan fingerprint density at radius 3 is 2.44 bits per heavy atom. The number of nitrogens with zero attached hydrogens (tertiary/aromatic N) is 1. The van der Waals surface area contributed by atoms with Gasteiger partial charge in [-0.25, -0.2) is 4.39 Å². The highest BCUT2D eigenvalue weighted by Gasteiger charge is 2.07. The highest BCUT2D eigenvalue weighted by atomic mass is 79.9. The van der Waals surface area contributed by atoms with Gasteiger partial charge in [0.15, 0.2) is 0 Å². The van der Waals surface area contributed by atoms with Crippen molar-refractivity contribution < 1.29 is 9.13 Å². The van der Waals surface area contributed by atoms with Gasteiger partial charge in [-0.3, -0.25) is 0 Å². The quantitative estimate of drug-likeness (QED) is 0.346. The third-order valence-electron chi connectivity index (χ3n) is 4.06. The molecule has 0 aliphatic carbocycles. The van der Waals surface area contributed by atoms with Gasteiger partial charge in [0, 0.05) is 10.0 Å². The van der Waals surface area contributed by atoms with Crippen LogP contribution in [0.25, 0.3) is 11.6 Å². The summed E-state index contributed by atoms with van der Waals surface area (Å²) in [6, 6.07) is 21.9. The van der Waals surface area contributed by atoms with E-state index in [0.717, 1.165) is 26.7 Å². The van der Waals surface area contributed by atoms with Crippen LogP contribution in [0.2, 0.25) is 0 Å². The minimum absolute atomic E-state index is 0.275. The molecule has 0 saturated carbocycles. The van der Waals surface area contributed by atoms with Crippen LogP contribution < -0.4 is 4.74 Å². The van der Waals surface area contributed by atoms with Gasteiger partial charge in [-0.15, -0.1) is 0 Å². The minimum Gasteiger partial charge on any atom is -0.488 e. The molecule has 134 valence electrons. The molecular formula is C23H17BrFNO. The van der Waals surface area contributed by atoms with E-state index in [1.54, 1.807) is 12.1 Å². The van der Waals surface area contributed by atoms with Gasteiger partial charge in [0.1, 0.15) is 18.2 Å². The molecule has 0 aromatic heterocycles. The second kappa shape index (κ2) is 8.66. The number of nitriles is 1. The molecule has 0 N–H and O–H groups in total. The Kier molecular flexibility index (Phi) is 6.05. The first kappa shape index (κ1) is 18.9. The SMILES string of the molecule is Cc1ccc(/C(C#N)=C/c2cc(Br)ccc2OCc2ccc(F)cc2)cc1. The van der Waals surface area contributed by atoms with E-state index in [9.17, 15) is 9.65 Å². The van der Waals surface area contributed by atoms with Crippen molar-refractivity contribution in [2.75, 3.05) is 0 Å². The average Bonchev–Trinajstić information content (AvgIpc) is 2.67. The lowest BCUT2D eigenvalue weighted by Gasteiger charge is -2.11. The molecule has 3 aromatic rings. The summed E-state index contributed by atoms with van der Waals surface area (Å²) in [5.41, 5.74) is 4.21. The van der Waals surface area contributed by atoms with Crippen LogP contribution in [-0.4, -0.2) is 0 Å². The normalized spacial score (nSPS) is 11.1. The number of ether oxygens (including phenoxy) is 1. The molecule has 0 bridgehead atoms. The van der Waals surface area contributed by atoms with E-state index >= 15 is 0 Å². The average molecular weight is 422 g/mol. The van der Waals surface area contributed by atoms with Gasteiger partial charge in [-0.2, -0.15) is 5.26 Å². The van der Waals surface area contributed by atoms with Gasteiger partial charge in [0.2, 0.25) is 0 Å². The van der Waals surface area contributed by atoms with Crippen LogP contribution in [0.1, 0.15) is 22.3 Å². The summed E-state index contributed by atoms with van der Waals surface area (Å²) in [4.78, 5) is 0. The van der Waals surface area contributed by atoms with Crippen molar-refractivity contribution in [3.05, 3.63) is 99.3 Å². The third kappa shape index (κ3) is 5.06. The topological polar surface area (TPSA) is 33.0 Å². The summed E-state index contributed by atoms with van der Waals surface area (Å²) in [5.74, 6) is 0.380. The predicted molar refractivity (Wildman–Crippen MR) is 110 cm³/mol. The molecule has 4 heteroatoms. The molecule has 0 atom stereocenters. The molecule has 0 heterocycles. The molecule has 0 saturated heterocycles. The van der Waals surface area contributed by atoms with Crippen molar-refractivity contribution in [2.45, 2.75) is 13.5 Å². The number of hydrogen-bond donors (Lipinski definition) is 0. The highest BCUT2D eigenvalue weighted by Crippen LogP contribution is 2.28. The van der Waals surface area contributed by atoms with Gasteiger partial charge in [0.05, 0.1) is 11.6 Å². The second-order valence-electron chi connectivity index (χ2n) is 6.13. The minimum atomic E-state index is -0.275. The van der Waals surface area contributed by atoms with Crippen molar-refractivity contribution in [3.63, 3.8) is 0 Å². The number of rotatable bonds is 5. The van der Waals surface area contributed by atoms with Gasteiger partial charge in [0.25, 0.3) is 0 Å². The van der Waals surface area contributed by atoms with Crippen molar-refractivity contribution in [2.24, 2.45) is 0 Å².